The molecule has 0 saturated heterocycles. The lowest BCUT2D eigenvalue weighted by Crippen LogP contribution is -2.26. The van der Waals surface area contributed by atoms with E-state index in [1.807, 2.05) is 24.3 Å². The second-order valence-corrected chi connectivity index (χ2v) is 5.67. The topological polar surface area (TPSA) is 35.5 Å². The van der Waals surface area contributed by atoms with Crippen molar-refractivity contribution in [1.29, 1.82) is 0 Å². The number of carbonyl (C=O) groups is 1. The third kappa shape index (κ3) is 5.13. The number of rotatable bonds is 7. The van der Waals surface area contributed by atoms with Crippen molar-refractivity contribution in [3.05, 3.63) is 54.1 Å². The summed E-state index contributed by atoms with van der Waals surface area (Å²) in [6, 6.07) is 16.1. The Morgan fingerprint density at radius 1 is 1.00 bits per heavy atom. The van der Waals surface area contributed by atoms with Gasteiger partial charge in [0, 0.05) is 0 Å². The molecular formula is C20H24O3. The van der Waals surface area contributed by atoms with E-state index >= 15 is 0 Å². The summed E-state index contributed by atoms with van der Waals surface area (Å²) in [7, 11) is 0. The van der Waals surface area contributed by atoms with Crippen LogP contribution in [0.25, 0.3) is 11.1 Å². The smallest absolute Gasteiger partial charge is 0.347 e. The Bertz CT molecular complexity index is 614. The number of hydrogen-bond donors (Lipinski definition) is 0. The van der Waals surface area contributed by atoms with E-state index in [2.05, 4.69) is 38.1 Å². The van der Waals surface area contributed by atoms with E-state index in [1.165, 1.54) is 5.56 Å². The minimum Gasteiger partial charge on any atom is -0.479 e. The second kappa shape index (κ2) is 8.37. The SMILES string of the molecule is CCCCOC(=O)[C@H](C)Oc1ccc(-c2ccc(C)cc2)cc1. The molecule has 3 heteroatoms. The van der Waals surface area contributed by atoms with Crippen LogP contribution in [0.1, 0.15) is 32.3 Å². The first-order valence-corrected chi connectivity index (χ1v) is 8.10. The maximum atomic E-state index is 11.8. The van der Waals surface area contributed by atoms with Gasteiger partial charge in [-0.3, -0.25) is 0 Å². The lowest BCUT2D eigenvalue weighted by molar-refractivity contribution is -0.151. The Hall–Kier alpha value is -2.29. The Kier molecular flexibility index (Phi) is 6.21. The minimum absolute atomic E-state index is 0.318. The number of aryl methyl sites for hydroxylation is 1. The predicted octanol–water partition coefficient (Wildman–Crippen LogP) is 4.77. The van der Waals surface area contributed by atoms with Crippen molar-refractivity contribution in [2.45, 2.75) is 39.7 Å². The van der Waals surface area contributed by atoms with Crippen LogP contribution in [0.5, 0.6) is 5.75 Å². The molecule has 3 nitrogen and oxygen atoms in total. The van der Waals surface area contributed by atoms with Gasteiger partial charge in [0.15, 0.2) is 6.10 Å². The molecule has 0 heterocycles. The molecule has 122 valence electrons. The molecule has 0 fully saturated rings. The molecule has 2 aromatic rings. The molecule has 2 rings (SSSR count). The average Bonchev–Trinajstić information content (AvgIpc) is 2.56. The molecule has 0 bridgehead atoms. The van der Waals surface area contributed by atoms with Crippen molar-refractivity contribution in [3.8, 4) is 16.9 Å². The molecule has 23 heavy (non-hydrogen) atoms. The van der Waals surface area contributed by atoms with E-state index in [0.717, 1.165) is 24.0 Å². The van der Waals surface area contributed by atoms with Gasteiger partial charge in [-0.15, -0.1) is 0 Å². The highest BCUT2D eigenvalue weighted by Crippen LogP contribution is 2.23. The van der Waals surface area contributed by atoms with Gasteiger partial charge in [0.25, 0.3) is 0 Å². The third-order valence-electron chi connectivity index (χ3n) is 3.63. The number of ether oxygens (including phenoxy) is 2. The van der Waals surface area contributed by atoms with Crippen molar-refractivity contribution >= 4 is 5.97 Å². The molecule has 0 aliphatic rings. The molecule has 0 unspecified atom stereocenters. The molecule has 0 saturated carbocycles. The lowest BCUT2D eigenvalue weighted by Gasteiger charge is -2.14. The fourth-order valence-electron chi connectivity index (χ4n) is 2.16. The van der Waals surface area contributed by atoms with Gasteiger partial charge in [0.05, 0.1) is 6.61 Å². The van der Waals surface area contributed by atoms with Crippen molar-refractivity contribution < 1.29 is 14.3 Å². The molecule has 0 amide bonds. The molecule has 0 radical (unpaired) electrons. The Morgan fingerprint density at radius 2 is 1.57 bits per heavy atom. The Morgan fingerprint density at radius 3 is 2.13 bits per heavy atom. The number of esters is 1. The number of unbranched alkanes of at least 4 members (excludes halogenated alkanes) is 1. The highest BCUT2D eigenvalue weighted by atomic mass is 16.6. The zero-order valence-corrected chi connectivity index (χ0v) is 14.0. The van der Waals surface area contributed by atoms with Gasteiger partial charge in [-0.25, -0.2) is 4.79 Å². The van der Waals surface area contributed by atoms with Gasteiger partial charge in [-0.2, -0.15) is 0 Å². The van der Waals surface area contributed by atoms with Crippen LogP contribution in [0.2, 0.25) is 0 Å². The van der Waals surface area contributed by atoms with Gasteiger partial charge < -0.3 is 9.47 Å². The zero-order chi connectivity index (χ0) is 16.7. The van der Waals surface area contributed by atoms with Crippen LogP contribution < -0.4 is 4.74 Å². The van der Waals surface area contributed by atoms with Gasteiger partial charge in [0.1, 0.15) is 5.75 Å². The summed E-state index contributed by atoms with van der Waals surface area (Å²) in [4.78, 5) is 11.8. The third-order valence-corrected chi connectivity index (χ3v) is 3.63. The van der Waals surface area contributed by atoms with Gasteiger partial charge in [-0.1, -0.05) is 55.3 Å². The molecule has 0 spiro atoms. The minimum atomic E-state index is -0.600. The summed E-state index contributed by atoms with van der Waals surface area (Å²) < 4.78 is 10.8. The van der Waals surface area contributed by atoms with Crippen LogP contribution in [0.3, 0.4) is 0 Å². The van der Waals surface area contributed by atoms with Gasteiger partial charge in [-0.05, 0) is 43.5 Å². The summed E-state index contributed by atoms with van der Waals surface area (Å²) >= 11 is 0. The molecule has 2 aromatic carbocycles. The van der Waals surface area contributed by atoms with Crippen molar-refractivity contribution in [1.82, 2.24) is 0 Å². The first kappa shape index (κ1) is 17.1. The quantitative estimate of drug-likeness (QED) is 0.545. The Labute approximate surface area is 138 Å². The highest BCUT2D eigenvalue weighted by molar-refractivity contribution is 5.74. The molecular weight excluding hydrogens is 288 g/mol. The van der Waals surface area contributed by atoms with E-state index < -0.39 is 6.10 Å². The standard InChI is InChI=1S/C20H24O3/c1-4-5-14-22-20(21)16(3)23-19-12-10-18(11-13-19)17-8-6-15(2)7-9-17/h6-13,16H,4-5,14H2,1-3H3/t16-/m0/s1. The van der Waals surface area contributed by atoms with Crippen LogP contribution in [0.15, 0.2) is 48.5 Å². The summed E-state index contributed by atoms with van der Waals surface area (Å²) in [5.41, 5.74) is 3.52. The van der Waals surface area contributed by atoms with Crippen LogP contribution >= 0.6 is 0 Å². The number of benzene rings is 2. The second-order valence-electron chi connectivity index (χ2n) is 5.67. The van der Waals surface area contributed by atoms with Crippen LogP contribution in [0, 0.1) is 6.92 Å². The summed E-state index contributed by atoms with van der Waals surface area (Å²) in [5, 5.41) is 0. The van der Waals surface area contributed by atoms with Crippen LogP contribution in [-0.4, -0.2) is 18.7 Å². The first-order chi connectivity index (χ1) is 11.1. The fourth-order valence-corrected chi connectivity index (χ4v) is 2.16. The van der Waals surface area contributed by atoms with Crippen LogP contribution in [-0.2, 0) is 9.53 Å². The number of hydrogen-bond acceptors (Lipinski definition) is 3. The predicted molar refractivity (Wildman–Crippen MR) is 92.6 cm³/mol. The van der Waals surface area contributed by atoms with E-state index in [-0.39, 0.29) is 5.97 Å². The van der Waals surface area contributed by atoms with Crippen LogP contribution in [0.4, 0.5) is 0 Å². The average molecular weight is 312 g/mol. The lowest BCUT2D eigenvalue weighted by atomic mass is 10.0. The van der Waals surface area contributed by atoms with Crippen molar-refractivity contribution in [2.24, 2.45) is 0 Å². The number of carbonyl (C=O) groups excluding carboxylic acids is 1. The van der Waals surface area contributed by atoms with E-state index in [4.69, 9.17) is 9.47 Å². The zero-order valence-electron chi connectivity index (χ0n) is 14.0. The summed E-state index contributed by atoms with van der Waals surface area (Å²) in [6.07, 6.45) is 1.28. The summed E-state index contributed by atoms with van der Waals surface area (Å²) in [6.45, 7) is 6.29. The monoisotopic (exact) mass is 312 g/mol. The molecule has 1 atom stereocenters. The van der Waals surface area contributed by atoms with E-state index in [9.17, 15) is 4.79 Å². The maximum absolute atomic E-state index is 11.8. The Balaban J connectivity index is 1.94. The fraction of sp³-hybridized carbons (Fsp3) is 0.350. The van der Waals surface area contributed by atoms with Gasteiger partial charge >= 0.3 is 5.97 Å². The van der Waals surface area contributed by atoms with E-state index in [1.54, 1.807) is 6.92 Å². The first-order valence-electron chi connectivity index (χ1n) is 8.10. The molecule has 0 aromatic heterocycles. The molecule has 0 aliphatic heterocycles. The van der Waals surface area contributed by atoms with E-state index in [0.29, 0.717) is 12.4 Å². The summed E-state index contributed by atoms with van der Waals surface area (Å²) in [5.74, 6) is 0.349. The van der Waals surface area contributed by atoms with Crippen molar-refractivity contribution in [2.75, 3.05) is 6.61 Å². The normalized spacial score (nSPS) is 11.8. The highest BCUT2D eigenvalue weighted by Gasteiger charge is 2.16. The largest absolute Gasteiger partial charge is 0.479 e. The molecule has 0 N–H and O–H groups in total. The maximum Gasteiger partial charge on any atom is 0.347 e. The van der Waals surface area contributed by atoms with Crippen molar-refractivity contribution in [3.63, 3.8) is 0 Å². The molecule has 0 aliphatic carbocycles. The van der Waals surface area contributed by atoms with Gasteiger partial charge in [0.2, 0.25) is 0 Å².